The van der Waals surface area contributed by atoms with E-state index in [4.69, 9.17) is 24.5 Å². The van der Waals surface area contributed by atoms with Crippen LogP contribution >= 0.6 is 0 Å². The predicted octanol–water partition coefficient (Wildman–Crippen LogP) is 4.25. The van der Waals surface area contributed by atoms with Gasteiger partial charge in [-0.3, -0.25) is 0 Å². The van der Waals surface area contributed by atoms with E-state index in [1.54, 1.807) is 18.7 Å². The van der Waals surface area contributed by atoms with Crippen LogP contribution in [0.5, 0.6) is 11.5 Å². The van der Waals surface area contributed by atoms with Gasteiger partial charge in [0, 0.05) is 23.6 Å². The van der Waals surface area contributed by atoms with Gasteiger partial charge in [-0.05, 0) is 45.0 Å². The van der Waals surface area contributed by atoms with E-state index < -0.39 is 0 Å². The maximum atomic E-state index is 5.52. The maximum Gasteiger partial charge on any atom is 0.226 e. The first kappa shape index (κ1) is 21.5. The molecule has 2 aromatic heterocycles. The molecule has 4 aromatic rings. The molecular weight excluding hydrogens is 416 g/mol. The van der Waals surface area contributed by atoms with Crippen LogP contribution in [0.15, 0.2) is 42.5 Å². The third kappa shape index (κ3) is 4.43. The second-order valence-corrected chi connectivity index (χ2v) is 8.38. The zero-order valence-electron chi connectivity index (χ0n) is 19.3. The second kappa shape index (κ2) is 9.62. The average Bonchev–Trinajstić information content (AvgIpc) is 3.33. The van der Waals surface area contributed by atoms with E-state index in [9.17, 15) is 0 Å². The molecular formula is C25H30N6O2. The Labute approximate surface area is 193 Å². The number of ether oxygens (including phenoxy) is 2. The van der Waals surface area contributed by atoms with Crippen LogP contribution in [0, 0.1) is 0 Å². The van der Waals surface area contributed by atoms with E-state index in [2.05, 4.69) is 10.2 Å². The van der Waals surface area contributed by atoms with Crippen molar-refractivity contribution in [2.45, 2.75) is 25.7 Å². The summed E-state index contributed by atoms with van der Waals surface area (Å²) in [6.45, 7) is 4.34. The molecule has 0 amide bonds. The Bertz CT molecular complexity index is 1230. The molecule has 2 aromatic carbocycles. The molecule has 1 N–H and O–H groups in total. The summed E-state index contributed by atoms with van der Waals surface area (Å²) in [7, 11) is 3.26. The van der Waals surface area contributed by atoms with Crippen LogP contribution in [-0.2, 0) is 0 Å². The number of nitrogens with zero attached hydrogens (tertiary/aromatic N) is 5. The summed E-state index contributed by atoms with van der Waals surface area (Å²) in [5.74, 6) is 2.62. The van der Waals surface area contributed by atoms with E-state index >= 15 is 0 Å². The lowest BCUT2D eigenvalue weighted by atomic mass is 10.1. The Hall–Kier alpha value is -3.39. The van der Waals surface area contributed by atoms with Crippen LogP contribution in [0.3, 0.4) is 0 Å². The minimum atomic E-state index is 0.639. The summed E-state index contributed by atoms with van der Waals surface area (Å²) >= 11 is 0. The third-order valence-electron chi connectivity index (χ3n) is 6.19. The van der Waals surface area contributed by atoms with E-state index in [0.717, 1.165) is 41.6 Å². The van der Waals surface area contributed by atoms with Gasteiger partial charge in [-0.1, -0.05) is 36.8 Å². The molecule has 0 unspecified atom stereocenters. The van der Waals surface area contributed by atoms with E-state index in [1.807, 2.05) is 42.5 Å². The van der Waals surface area contributed by atoms with Gasteiger partial charge in [-0.25, -0.2) is 9.97 Å². The molecule has 0 atom stereocenters. The monoisotopic (exact) mass is 446 g/mol. The summed E-state index contributed by atoms with van der Waals surface area (Å²) < 4.78 is 12.8. The molecule has 1 saturated heterocycles. The van der Waals surface area contributed by atoms with Crippen LogP contribution in [0.4, 0.5) is 5.95 Å². The fourth-order valence-electron chi connectivity index (χ4n) is 4.45. The van der Waals surface area contributed by atoms with Crippen molar-refractivity contribution in [3.05, 3.63) is 42.5 Å². The van der Waals surface area contributed by atoms with Gasteiger partial charge in [0.15, 0.2) is 23.0 Å². The van der Waals surface area contributed by atoms with Crippen LogP contribution < -0.4 is 14.8 Å². The minimum absolute atomic E-state index is 0.639. The lowest BCUT2D eigenvalue weighted by Crippen LogP contribution is -2.31. The number of anilines is 1. The first-order valence-electron chi connectivity index (χ1n) is 11.6. The highest BCUT2D eigenvalue weighted by Crippen LogP contribution is 2.34. The molecule has 1 aliphatic rings. The SMILES string of the molecule is COc1cc2nc(NCCCN3CCCCC3)n3nc(-c4ccccc4)nc3c2cc1OC. The molecule has 0 saturated carbocycles. The lowest BCUT2D eigenvalue weighted by molar-refractivity contribution is 0.228. The van der Waals surface area contributed by atoms with Crippen molar-refractivity contribution in [3.63, 3.8) is 0 Å². The Morgan fingerprint density at radius 1 is 0.939 bits per heavy atom. The highest BCUT2D eigenvalue weighted by molar-refractivity contribution is 5.95. The fourth-order valence-corrected chi connectivity index (χ4v) is 4.45. The summed E-state index contributed by atoms with van der Waals surface area (Å²) in [5, 5.41) is 9.16. The number of nitrogens with one attached hydrogen (secondary N) is 1. The fraction of sp³-hybridized carbons (Fsp3) is 0.400. The minimum Gasteiger partial charge on any atom is -0.493 e. The van der Waals surface area contributed by atoms with Crippen molar-refractivity contribution >= 4 is 22.5 Å². The molecule has 33 heavy (non-hydrogen) atoms. The van der Waals surface area contributed by atoms with E-state index in [1.165, 1.54) is 32.4 Å². The zero-order chi connectivity index (χ0) is 22.6. The van der Waals surface area contributed by atoms with Crippen molar-refractivity contribution in [3.8, 4) is 22.9 Å². The van der Waals surface area contributed by atoms with E-state index in [0.29, 0.717) is 23.3 Å². The van der Waals surface area contributed by atoms with Gasteiger partial charge in [0.1, 0.15) is 0 Å². The number of likely N-dealkylation sites (tertiary alicyclic amines) is 1. The smallest absolute Gasteiger partial charge is 0.226 e. The maximum absolute atomic E-state index is 5.52. The molecule has 1 aliphatic heterocycles. The number of piperidine rings is 1. The third-order valence-corrected chi connectivity index (χ3v) is 6.19. The average molecular weight is 447 g/mol. The van der Waals surface area contributed by atoms with Gasteiger partial charge in [0.05, 0.1) is 19.7 Å². The van der Waals surface area contributed by atoms with Crippen LogP contribution in [-0.4, -0.2) is 64.9 Å². The Morgan fingerprint density at radius 2 is 1.70 bits per heavy atom. The number of benzene rings is 2. The van der Waals surface area contributed by atoms with Crippen molar-refractivity contribution in [2.24, 2.45) is 0 Å². The number of hydrogen-bond acceptors (Lipinski definition) is 7. The molecule has 0 spiro atoms. The molecule has 5 rings (SSSR count). The Morgan fingerprint density at radius 3 is 2.45 bits per heavy atom. The van der Waals surface area contributed by atoms with Gasteiger partial charge in [-0.2, -0.15) is 4.52 Å². The molecule has 0 bridgehead atoms. The summed E-state index contributed by atoms with van der Waals surface area (Å²) in [6, 6.07) is 13.8. The molecule has 0 aliphatic carbocycles. The van der Waals surface area contributed by atoms with Crippen LogP contribution in [0.25, 0.3) is 27.9 Å². The quantitative estimate of drug-likeness (QED) is 0.406. The van der Waals surface area contributed by atoms with Crippen molar-refractivity contribution in [2.75, 3.05) is 45.7 Å². The van der Waals surface area contributed by atoms with Crippen LogP contribution in [0.2, 0.25) is 0 Å². The summed E-state index contributed by atoms with van der Waals surface area (Å²) in [5.41, 5.74) is 2.48. The van der Waals surface area contributed by atoms with Crippen molar-refractivity contribution in [1.29, 1.82) is 0 Å². The molecule has 8 heteroatoms. The largest absolute Gasteiger partial charge is 0.493 e. The van der Waals surface area contributed by atoms with Crippen LogP contribution in [0.1, 0.15) is 25.7 Å². The molecule has 1 fully saturated rings. The number of fused-ring (bicyclic) bond motifs is 3. The van der Waals surface area contributed by atoms with E-state index in [-0.39, 0.29) is 0 Å². The molecule has 8 nitrogen and oxygen atoms in total. The summed E-state index contributed by atoms with van der Waals surface area (Å²) in [4.78, 5) is 12.3. The highest BCUT2D eigenvalue weighted by Gasteiger charge is 2.17. The Balaban J connectivity index is 1.50. The second-order valence-electron chi connectivity index (χ2n) is 8.38. The van der Waals surface area contributed by atoms with Gasteiger partial charge in [0.25, 0.3) is 0 Å². The van der Waals surface area contributed by atoms with Gasteiger partial charge in [0.2, 0.25) is 5.95 Å². The normalized spacial score (nSPS) is 14.6. The first-order valence-corrected chi connectivity index (χ1v) is 11.6. The Kier molecular flexibility index (Phi) is 6.26. The molecule has 3 heterocycles. The van der Waals surface area contributed by atoms with Crippen molar-refractivity contribution < 1.29 is 9.47 Å². The van der Waals surface area contributed by atoms with Gasteiger partial charge in [-0.15, -0.1) is 5.10 Å². The number of rotatable bonds is 8. The topological polar surface area (TPSA) is 76.8 Å². The standard InChI is InChI=1S/C25H30N6O2/c1-32-21-16-19-20(17-22(21)33-2)27-25(26-12-9-15-30-13-7-4-8-14-30)31-24(19)28-23(29-31)18-10-5-3-6-11-18/h3,5-6,10-11,16-17H,4,7-9,12-15H2,1-2H3,(H,26,27). The highest BCUT2D eigenvalue weighted by atomic mass is 16.5. The van der Waals surface area contributed by atoms with Gasteiger partial charge >= 0.3 is 0 Å². The zero-order valence-corrected chi connectivity index (χ0v) is 19.3. The molecule has 0 radical (unpaired) electrons. The van der Waals surface area contributed by atoms with Gasteiger partial charge < -0.3 is 19.7 Å². The lowest BCUT2D eigenvalue weighted by Gasteiger charge is -2.26. The molecule has 172 valence electrons. The first-order chi connectivity index (χ1) is 16.3. The number of aromatic nitrogens is 4. The predicted molar refractivity (Wildman–Crippen MR) is 130 cm³/mol. The van der Waals surface area contributed by atoms with Crippen molar-refractivity contribution in [1.82, 2.24) is 24.5 Å². The summed E-state index contributed by atoms with van der Waals surface area (Å²) in [6.07, 6.45) is 5.03. The number of hydrogen-bond donors (Lipinski definition) is 1. The number of methoxy groups -OCH3 is 2.